The van der Waals surface area contributed by atoms with E-state index in [-0.39, 0.29) is 88.3 Å². The van der Waals surface area contributed by atoms with Crippen LogP contribution in [0.4, 0.5) is 17.6 Å². The van der Waals surface area contributed by atoms with Gasteiger partial charge in [-0.1, -0.05) is 48.5 Å². The van der Waals surface area contributed by atoms with Crippen LogP contribution < -0.4 is 32.6 Å². The summed E-state index contributed by atoms with van der Waals surface area (Å²) in [5.74, 6) is -7.98. The number of carbonyl (C=O) groups is 2. The van der Waals surface area contributed by atoms with Crippen molar-refractivity contribution in [1.82, 2.24) is 8.80 Å². The summed E-state index contributed by atoms with van der Waals surface area (Å²) in [5.41, 5.74) is -6.09. The fourth-order valence-electron chi connectivity index (χ4n) is 8.87. The maximum Gasteiger partial charge on any atom is 0.343 e. The average Bonchev–Trinajstić information content (AvgIpc) is 3.33. The van der Waals surface area contributed by atoms with E-state index in [1.54, 1.807) is 37.3 Å². The zero-order valence-electron chi connectivity index (χ0n) is 34.3. The molecule has 0 atom stereocenters. The fraction of sp³-hybridized carbons (Fsp3) is 0.0400. The smallest absolute Gasteiger partial charge is 0.343 e. The summed E-state index contributed by atoms with van der Waals surface area (Å²) < 4.78 is 76.7. The van der Waals surface area contributed by atoms with Gasteiger partial charge in [-0.25, -0.2) is 18.4 Å². The van der Waals surface area contributed by atoms with Crippen LogP contribution in [0.3, 0.4) is 0 Å². The summed E-state index contributed by atoms with van der Waals surface area (Å²) >= 11 is 0. The zero-order valence-corrected chi connectivity index (χ0v) is 34.3. The Morgan fingerprint density at radius 3 is 1.26 bits per heavy atom. The van der Waals surface area contributed by atoms with E-state index < -0.39 is 95.5 Å². The molecule has 12 aromatic rings. The van der Waals surface area contributed by atoms with E-state index in [0.29, 0.717) is 12.1 Å². The number of pyridine rings is 2. The minimum atomic E-state index is -1.57. The number of carboxylic acid groups (broad SMARTS) is 1. The van der Waals surface area contributed by atoms with Gasteiger partial charge in [-0.3, -0.25) is 28.8 Å². The SMILES string of the molecule is CCOC(=O)c1cn2c3cc4c(=O)c5ccccc5c(=O)c4cc3oc3c(F)c(F)cc(c1=O)c32.O=C(O)c1cn2c3cc4c(=O)c5ccccc5c(=O)c4cc3oc3c(F)c(F)cc(c1=O)c32. The summed E-state index contributed by atoms with van der Waals surface area (Å²) in [6.07, 6.45) is 2.10. The van der Waals surface area contributed by atoms with Crippen molar-refractivity contribution in [2.75, 3.05) is 6.61 Å². The molecule has 0 unspecified atom stereocenters. The Kier molecular flexibility index (Phi) is 8.88. The van der Waals surface area contributed by atoms with E-state index in [1.165, 1.54) is 46.9 Å². The molecule has 0 fully saturated rings. The Morgan fingerprint density at radius 1 is 0.515 bits per heavy atom. The molecule has 0 amide bonds. The third-order valence-corrected chi connectivity index (χ3v) is 12.0. The van der Waals surface area contributed by atoms with Gasteiger partial charge in [-0.2, -0.15) is 8.78 Å². The van der Waals surface area contributed by atoms with E-state index >= 15 is 0 Å². The molecule has 0 aliphatic rings. The third kappa shape index (κ3) is 5.69. The lowest BCUT2D eigenvalue weighted by atomic mass is 10.0. The monoisotopic (exact) mass is 918 g/mol. The van der Waals surface area contributed by atoms with E-state index in [1.807, 2.05) is 0 Å². The van der Waals surface area contributed by atoms with Gasteiger partial charge in [-0.15, -0.1) is 0 Å². The Labute approximate surface area is 370 Å². The van der Waals surface area contributed by atoms with Gasteiger partial charge in [0.15, 0.2) is 55.7 Å². The second-order valence-electron chi connectivity index (χ2n) is 15.6. The molecule has 0 saturated carbocycles. The van der Waals surface area contributed by atoms with Crippen molar-refractivity contribution >= 4 is 110 Å². The maximum absolute atomic E-state index is 14.8. The van der Waals surface area contributed by atoms with Crippen LogP contribution in [0.1, 0.15) is 27.6 Å². The first-order valence-electron chi connectivity index (χ1n) is 20.2. The van der Waals surface area contributed by atoms with Crippen molar-refractivity contribution < 1.29 is 45.8 Å². The number of aromatic carboxylic acids is 1. The molecule has 0 saturated heterocycles. The largest absolute Gasteiger partial charge is 0.477 e. The van der Waals surface area contributed by atoms with Gasteiger partial charge in [0.2, 0.25) is 22.5 Å². The van der Waals surface area contributed by atoms with Crippen molar-refractivity contribution in [1.29, 1.82) is 0 Å². The highest BCUT2D eigenvalue weighted by Gasteiger charge is 2.26. The second kappa shape index (κ2) is 14.6. The molecule has 0 aliphatic heterocycles. The molecule has 68 heavy (non-hydrogen) atoms. The molecular formula is C50H22F4N2O12. The number of rotatable bonds is 3. The predicted molar refractivity (Wildman–Crippen MR) is 242 cm³/mol. The van der Waals surface area contributed by atoms with Gasteiger partial charge in [0.1, 0.15) is 22.2 Å². The zero-order chi connectivity index (χ0) is 47.8. The van der Waals surface area contributed by atoms with Gasteiger partial charge < -0.3 is 27.5 Å². The molecular weight excluding hydrogens is 897 g/mol. The standard InChI is InChI=1S/C26H13F2NO6.C24H9F2NO6/c1-2-34-26(33)16-10-29-18-8-13-14(23(31)12-6-4-3-5-11(12)22(13)30)9-19(18)35-25-20(28)17(27)7-15(21(25)29)24(16)32;25-15-5-13-19-23(18(15)26)33-17-7-12-11(20(28)9-3-1-2-4-10(9)21(12)29)6-16(17)27(19)8-14(22(13)30)24(31)32/h3-10H,2H2,1H3;1-8H,(H,31,32). The number of halogens is 4. The Bertz CT molecular complexity index is 4720. The molecule has 0 spiro atoms. The lowest BCUT2D eigenvalue weighted by molar-refractivity contribution is 0.0524. The van der Waals surface area contributed by atoms with Crippen LogP contribution >= 0.6 is 0 Å². The summed E-state index contributed by atoms with van der Waals surface area (Å²) in [5, 5.41) is 9.77. The molecule has 4 heterocycles. The van der Waals surface area contributed by atoms with Gasteiger partial charge in [0.25, 0.3) is 0 Å². The van der Waals surface area contributed by atoms with Crippen LogP contribution in [-0.2, 0) is 4.74 Å². The van der Waals surface area contributed by atoms with Crippen molar-refractivity contribution in [2.24, 2.45) is 0 Å². The Balaban J connectivity index is 0.000000149. The second-order valence-corrected chi connectivity index (χ2v) is 15.6. The first kappa shape index (κ1) is 41.4. The van der Waals surface area contributed by atoms with Crippen molar-refractivity contribution in [3.8, 4) is 0 Å². The Hall–Kier alpha value is -9.32. The molecule has 8 aromatic carbocycles. The number of fused-ring (bicyclic) bond motifs is 8. The molecule has 12 rings (SSSR count). The number of hydrogen-bond donors (Lipinski definition) is 1. The Morgan fingerprint density at radius 2 is 0.882 bits per heavy atom. The quantitative estimate of drug-likeness (QED) is 0.0783. The number of aromatic nitrogens is 2. The summed E-state index contributed by atoms with van der Waals surface area (Å²) in [6.45, 7) is 1.55. The summed E-state index contributed by atoms with van der Waals surface area (Å²) in [7, 11) is 0. The lowest BCUT2D eigenvalue weighted by Crippen LogP contribution is -2.20. The molecule has 18 heteroatoms. The number of hydrogen-bond acceptors (Lipinski definition) is 11. The van der Waals surface area contributed by atoms with Crippen LogP contribution in [0.25, 0.3) is 98.3 Å². The van der Waals surface area contributed by atoms with Crippen molar-refractivity contribution in [3.05, 3.63) is 193 Å². The first-order chi connectivity index (χ1) is 32.6. The minimum Gasteiger partial charge on any atom is -0.477 e. The fourth-order valence-corrected chi connectivity index (χ4v) is 8.87. The van der Waals surface area contributed by atoms with E-state index in [4.69, 9.17) is 13.6 Å². The van der Waals surface area contributed by atoms with Gasteiger partial charge >= 0.3 is 11.9 Å². The molecule has 0 bridgehead atoms. The van der Waals surface area contributed by atoms with E-state index in [0.717, 1.165) is 16.8 Å². The minimum absolute atomic E-state index is 0.00783. The highest BCUT2D eigenvalue weighted by Crippen LogP contribution is 2.33. The number of ether oxygens (including phenoxy) is 1. The predicted octanol–water partition coefficient (Wildman–Crippen LogP) is 7.76. The van der Waals surface area contributed by atoms with Crippen LogP contribution in [0.2, 0.25) is 0 Å². The third-order valence-electron chi connectivity index (χ3n) is 12.0. The number of carbonyl (C=O) groups excluding carboxylic acids is 1. The van der Waals surface area contributed by atoms with Crippen LogP contribution in [0, 0.1) is 23.3 Å². The van der Waals surface area contributed by atoms with Crippen molar-refractivity contribution in [3.63, 3.8) is 0 Å². The van der Waals surface area contributed by atoms with Crippen molar-refractivity contribution in [2.45, 2.75) is 6.92 Å². The lowest BCUT2D eigenvalue weighted by Gasteiger charge is -2.14. The average molecular weight is 919 g/mol. The molecule has 14 nitrogen and oxygen atoms in total. The van der Waals surface area contributed by atoms with Crippen LogP contribution in [0.5, 0.6) is 0 Å². The number of benzene rings is 8. The molecule has 0 aliphatic carbocycles. The summed E-state index contributed by atoms with van der Waals surface area (Å²) in [6, 6.07) is 19.1. The number of nitrogens with zero attached hydrogens (tertiary/aromatic N) is 2. The topological polar surface area (TPSA) is 201 Å². The normalized spacial score (nSPS) is 11.9. The molecule has 1 N–H and O–H groups in total. The molecule has 4 aromatic heterocycles. The van der Waals surface area contributed by atoms with Gasteiger partial charge in [-0.05, 0) is 43.3 Å². The molecule has 0 radical (unpaired) electrons. The number of carboxylic acids is 1. The van der Waals surface area contributed by atoms with Gasteiger partial charge in [0.05, 0.1) is 28.4 Å². The van der Waals surface area contributed by atoms with Crippen LogP contribution in [0.15, 0.2) is 135 Å². The number of esters is 1. The highest BCUT2D eigenvalue weighted by atomic mass is 19.2. The van der Waals surface area contributed by atoms with Crippen LogP contribution in [-0.4, -0.2) is 32.5 Å². The first-order valence-corrected chi connectivity index (χ1v) is 20.2. The maximum atomic E-state index is 14.8. The van der Waals surface area contributed by atoms with E-state index in [2.05, 4.69) is 0 Å². The van der Waals surface area contributed by atoms with E-state index in [9.17, 15) is 61.0 Å². The van der Waals surface area contributed by atoms with Gasteiger partial charge in [0, 0.05) is 55.5 Å². The highest BCUT2D eigenvalue weighted by molar-refractivity contribution is 6.08. The summed E-state index contributed by atoms with van der Waals surface area (Å²) in [4.78, 5) is 102. The molecule has 332 valence electrons.